The van der Waals surface area contributed by atoms with Crippen molar-refractivity contribution in [1.82, 2.24) is 4.98 Å². The third-order valence-corrected chi connectivity index (χ3v) is 2.25. The Morgan fingerprint density at radius 1 is 1.20 bits per heavy atom. The summed E-state index contributed by atoms with van der Waals surface area (Å²) in [6.07, 6.45) is 0. The van der Waals surface area contributed by atoms with Crippen molar-refractivity contribution in [2.75, 3.05) is 5.73 Å². The van der Waals surface area contributed by atoms with Crippen molar-refractivity contribution in [3.05, 3.63) is 47.8 Å². The molecule has 76 valence electrons. The van der Waals surface area contributed by atoms with E-state index in [4.69, 9.17) is 5.73 Å². The van der Waals surface area contributed by atoms with Gasteiger partial charge in [-0.15, -0.1) is 0 Å². The molecule has 2 nitrogen and oxygen atoms in total. The van der Waals surface area contributed by atoms with Crippen LogP contribution in [-0.2, 0) is 0 Å². The Morgan fingerprint density at radius 2 is 2.00 bits per heavy atom. The summed E-state index contributed by atoms with van der Waals surface area (Å²) in [6, 6.07) is 9.97. The number of hydrogen-bond acceptors (Lipinski definition) is 2. The number of nitrogens with zero attached hydrogens (tertiary/aromatic N) is 1. The summed E-state index contributed by atoms with van der Waals surface area (Å²) in [7, 11) is 0. The van der Waals surface area contributed by atoms with Crippen molar-refractivity contribution in [1.29, 1.82) is 0 Å². The van der Waals surface area contributed by atoms with Gasteiger partial charge in [0.25, 0.3) is 0 Å². The van der Waals surface area contributed by atoms with E-state index in [1.165, 1.54) is 12.1 Å². The average molecular weight is 202 g/mol. The number of nitrogen functional groups attached to an aromatic ring is 1. The molecule has 0 atom stereocenters. The Hall–Kier alpha value is -1.90. The number of anilines is 1. The lowest BCUT2D eigenvalue weighted by molar-refractivity contribution is 0.628. The Labute approximate surface area is 87.6 Å². The predicted molar refractivity (Wildman–Crippen MR) is 58.8 cm³/mol. The quantitative estimate of drug-likeness (QED) is 0.772. The lowest BCUT2D eigenvalue weighted by atomic mass is 10.1. The SMILES string of the molecule is Cc1ccc(F)cc1-c1cccc(N)n1. The van der Waals surface area contributed by atoms with Crippen molar-refractivity contribution in [3.63, 3.8) is 0 Å². The average Bonchev–Trinajstić information content (AvgIpc) is 2.22. The molecule has 2 rings (SSSR count). The van der Waals surface area contributed by atoms with Gasteiger partial charge in [0, 0.05) is 5.56 Å². The molecule has 1 heterocycles. The molecular formula is C12H11FN2. The molecule has 0 saturated heterocycles. The Balaban J connectivity index is 2.58. The maximum atomic E-state index is 13.1. The Bertz CT molecular complexity index is 495. The second kappa shape index (κ2) is 3.69. The van der Waals surface area contributed by atoms with Gasteiger partial charge in [0.1, 0.15) is 11.6 Å². The lowest BCUT2D eigenvalue weighted by Gasteiger charge is -2.05. The van der Waals surface area contributed by atoms with Crippen LogP contribution >= 0.6 is 0 Å². The van der Waals surface area contributed by atoms with Gasteiger partial charge in [-0.25, -0.2) is 9.37 Å². The zero-order chi connectivity index (χ0) is 10.8. The highest BCUT2D eigenvalue weighted by Crippen LogP contribution is 2.22. The van der Waals surface area contributed by atoms with Crippen LogP contribution in [0.3, 0.4) is 0 Å². The van der Waals surface area contributed by atoms with Crippen LogP contribution in [0.4, 0.5) is 10.2 Å². The molecule has 0 saturated carbocycles. The van der Waals surface area contributed by atoms with Gasteiger partial charge in [-0.3, -0.25) is 0 Å². The first-order valence-corrected chi connectivity index (χ1v) is 4.66. The fourth-order valence-corrected chi connectivity index (χ4v) is 1.47. The molecule has 15 heavy (non-hydrogen) atoms. The zero-order valence-electron chi connectivity index (χ0n) is 8.37. The summed E-state index contributed by atoms with van der Waals surface area (Å²) in [6.45, 7) is 1.92. The number of aryl methyl sites for hydroxylation is 1. The molecule has 2 N–H and O–H groups in total. The fourth-order valence-electron chi connectivity index (χ4n) is 1.47. The first-order chi connectivity index (χ1) is 7.16. The number of benzene rings is 1. The van der Waals surface area contributed by atoms with Gasteiger partial charge < -0.3 is 5.73 Å². The summed E-state index contributed by atoms with van der Waals surface area (Å²) in [5, 5.41) is 0. The molecule has 1 aromatic heterocycles. The van der Waals surface area contributed by atoms with Crippen LogP contribution in [0, 0.1) is 12.7 Å². The topological polar surface area (TPSA) is 38.9 Å². The van der Waals surface area contributed by atoms with E-state index in [2.05, 4.69) is 4.98 Å². The second-order valence-corrected chi connectivity index (χ2v) is 3.41. The van der Waals surface area contributed by atoms with E-state index >= 15 is 0 Å². The Kier molecular flexibility index (Phi) is 2.37. The lowest BCUT2D eigenvalue weighted by Crippen LogP contribution is -1.93. The number of hydrogen-bond donors (Lipinski definition) is 1. The van der Waals surface area contributed by atoms with Gasteiger partial charge in [-0.05, 0) is 36.8 Å². The largest absolute Gasteiger partial charge is 0.384 e. The highest BCUT2D eigenvalue weighted by molar-refractivity contribution is 5.64. The van der Waals surface area contributed by atoms with E-state index in [0.717, 1.165) is 11.1 Å². The number of pyridine rings is 1. The van der Waals surface area contributed by atoms with Crippen molar-refractivity contribution in [2.24, 2.45) is 0 Å². The smallest absolute Gasteiger partial charge is 0.124 e. The van der Waals surface area contributed by atoms with E-state index < -0.39 is 0 Å². The summed E-state index contributed by atoms with van der Waals surface area (Å²) >= 11 is 0. The zero-order valence-corrected chi connectivity index (χ0v) is 8.37. The predicted octanol–water partition coefficient (Wildman–Crippen LogP) is 2.78. The van der Waals surface area contributed by atoms with Crippen LogP contribution in [0.5, 0.6) is 0 Å². The molecule has 0 spiro atoms. The molecule has 0 bridgehead atoms. The maximum Gasteiger partial charge on any atom is 0.124 e. The molecule has 1 aromatic carbocycles. The molecule has 0 radical (unpaired) electrons. The van der Waals surface area contributed by atoms with Crippen LogP contribution in [0.25, 0.3) is 11.3 Å². The van der Waals surface area contributed by atoms with Crippen LogP contribution in [-0.4, -0.2) is 4.98 Å². The molecule has 0 amide bonds. The van der Waals surface area contributed by atoms with Crippen molar-refractivity contribution < 1.29 is 4.39 Å². The van der Waals surface area contributed by atoms with Gasteiger partial charge in [-0.2, -0.15) is 0 Å². The van der Waals surface area contributed by atoms with E-state index in [9.17, 15) is 4.39 Å². The highest BCUT2D eigenvalue weighted by Gasteiger charge is 2.04. The van der Waals surface area contributed by atoms with Gasteiger partial charge in [0.2, 0.25) is 0 Å². The second-order valence-electron chi connectivity index (χ2n) is 3.41. The molecule has 0 aliphatic heterocycles. The maximum absolute atomic E-state index is 13.1. The van der Waals surface area contributed by atoms with Crippen molar-refractivity contribution in [3.8, 4) is 11.3 Å². The van der Waals surface area contributed by atoms with Crippen molar-refractivity contribution >= 4 is 5.82 Å². The van der Waals surface area contributed by atoms with Gasteiger partial charge in [-0.1, -0.05) is 12.1 Å². The normalized spacial score (nSPS) is 10.3. The highest BCUT2D eigenvalue weighted by atomic mass is 19.1. The molecule has 3 heteroatoms. The first-order valence-electron chi connectivity index (χ1n) is 4.66. The number of rotatable bonds is 1. The third kappa shape index (κ3) is 1.96. The van der Waals surface area contributed by atoms with E-state index in [-0.39, 0.29) is 5.82 Å². The van der Waals surface area contributed by atoms with Crippen LogP contribution in [0.2, 0.25) is 0 Å². The molecule has 0 unspecified atom stereocenters. The van der Waals surface area contributed by atoms with E-state index in [0.29, 0.717) is 11.5 Å². The standard InChI is InChI=1S/C12H11FN2/c1-8-5-6-9(13)7-10(8)11-3-2-4-12(14)15-11/h2-7H,1H3,(H2,14,15). The van der Waals surface area contributed by atoms with Gasteiger partial charge >= 0.3 is 0 Å². The molecule has 2 aromatic rings. The molecule has 0 aliphatic carbocycles. The van der Waals surface area contributed by atoms with Crippen LogP contribution < -0.4 is 5.73 Å². The fraction of sp³-hybridized carbons (Fsp3) is 0.0833. The monoisotopic (exact) mass is 202 g/mol. The number of halogens is 1. The summed E-state index contributed by atoms with van der Waals surface area (Å²) in [5.41, 5.74) is 8.04. The minimum absolute atomic E-state index is 0.264. The summed E-state index contributed by atoms with van der Waals surface area (Å²) in [5.74, 6) is 0.177. The minimum atomic E-state index is -0.264. The molecule has 0 fully saturated rings. The summed E-state index contributed by atoms with van der Waals surface area (Å²) in [4.78, 5) is 4.16. The van der Waals surface area contributed by atoms with E-state index in [1.54, 1.807) is 12.1 Å². The van der Waals surface area contributed by atoms with Crippen molar-refractivity contribution in [2.45, 2.75) is 6.92 Å². The minimum Gasteiger partial charge on any atom is -0.384 e. The van der Waals surface area contributed by atoms with Gasteiger partial charge in [0.15, 0.2) is 0 Å². The number of aromatic nitrogens is 1. The van der Waals surface area contributed by atoms with Crippen LogP contribution in [0.1, 0.15) is 5.56 Å². The summed E-state index contributed by atoms with van der Waals surface area (Å²) < 4.78 is 13.1. The van der Waals surface area contributed by atoms with E-state index in [1.807, 2.05) is 19.1 Å². The number of nitrogens with two attached hydrogens (primary N) is 1. The first kappa shape index (κ1) is 9.65. The Morgan fingerprint density at radius 3 is 2.73 bits per heavy atom. The molecular weight excluding hydrogens is 191 g/mol. The third-order valence-electron chi connectivity index (χ3n) is 2.25. The molecule has 0 aliphatic rings. The van der Waals surface area contributed by atoms with Crippen LogP contribution in [0.15, 0.2) is 36.4 Å². The van der Waals surface area contributed by atoms with Gasteiger partial charge in [0.05, 0.1) is 5.69 Å².